The fourth-order valence-corrected chi connectivity index (χ4v) is 2.31. The van der Waals surface area contributed by atoms with E-state index in [0.717, 1.165) is 5.56 Å². The van der Waals surface area contributed by atoms with Crippen LogP contribution in [0, 0.1) is 6.92 Å². The van der Waals surface area contributed by atoms with Crippen LogP contribution in [-0.4, -0.2) is 10.9 Å². The molecule has 18 heavy (non-hydrogen) atoms. The van der Waals surface area contributed by atoms with Crippen molar-refractivity contribution in [2.45, 2.75) is 6.92 Å². The van der Waals surface area contributed by atoms with Crippen LogP contribution in [0.2, 0.25) is 10.0 Å². The van der Waals surface area contributed by atoms with E-state index in [0.29, 0.717) is 15.7 Å². The minimum atomic E-state index is -0.337. The molecule has 1 aromatic heterocycles. The van der Waals surface area contributed by atoms with Gasteiger partial charge in [0, 0.05) is 18.1 Å². The number of aryl methyl sites for hydroxylation is 1. The third kappa shape index (κ3) is 2.81. The van der Waals surface area contributed by atoms with Crippen LogP contribution in [0.4, 0.5) is 5.69 Å². The number of pyridine rings is 1. The van der Waals surface area contributed by atoms with Crippen LogP contribution in [0.1, 0.15) is 15.9 Å². The highest BCUT2D eigenvalue weighted by atomic mass is 35.5. The fraction of sp³-hybridized carbons (Fsp3) is 0.0769. The summed E-state index contributed by atoms with van der Waals surface area (Å²) in [5, 5.41) is 3.39. The number of anilines is 1. The quantitative estimate of drug-likeness (QED) is 0.905. The van der Waals surface area contributed by atoms with E-state index < -0.39 is 0 Å². The molecule has 0 fully saturated rings. The summed E-state index contributed by atoms with van der Waals surface area (Å²) in [4.78, 5) is 15.9. The summed E-state index contributed by atoms with van der Waals surface area (Å²) >= 11 is 12.1. The van der Waals surface area contributed by atoms with Gasteiger partial charge < -0.3 is 5.32 Å². The highest BCUT2D eigenvalue weighted by Crippen LogP contribution is 2.27. The van der Waals surface area contributed by atoms with Gasteiger partial charge in [-0.1, -0.05) is 23.2 Å². The van der Waals surface area contributed by atoms with Crippen molar-refractivity contribution < 1.29 is 4.79 Å². The Labute approximate surface area is 115 Å². The van der Waals surface area contributed by atoms with E-state index in [1.54, 1.807) is 36.7 Å². The van der Waals surface area contributed by atoms with Crippen LogP contribution in [0.15, 0.2) is 36.7 Å². The summed E-state index contributed by atoms with van der Waals surface area (Å²) < 4.78 is 0. The molecule has 2 aromatic rings. The van der Waals surface area contributed by atoms with E-state index >= 15 is 0 Å². The van der Waals surface area contributed by atoms with Gasteiger partial charge >= 0.3 is 0 Å². The molecular weight excluding hydrogens is 271 g/mol. The first-order valence-corrected chi connectivity index (χ1v) is 6.00. The molecule has 1 aromatic carbocycles. The third-order valence-electron chi connectivity index (χ3n) is 2.35. The van der Waals surface area contributed by atoms with Gasteiger partial charge in [0.15, 0.2) is 0 Å². The maximum Gasteiger partial charge on any atom is 0.258 e. The average Bonchev–Trinajstić information content (AvgIpc) is 2.28. The Morgan fingerprint density at radius 2 is 1.72 bits per heavy atom. The number of amides is 1. The summed E-state index contributed by atoms with van der Waals surface area (Å²) in [6.07, 6.45) is 3.18. The SMILES string of the molecule is Cc1cc(Cl)c(C(=O)Nc2ccncc2)c(Cl)c1. The highest BCUT2D eigenvalue weighted by molar-refractivity contribution is 6.40. The van der Waals surface area contributed by atoms with E-state index in [1.165, 1.54) is 0 Å². The summed E-state index contributed by atoms with van der Waals surface area (Å²) in [5.41, 5.74) is 1.83. The monoisotopic (exact) mass is 280 g/mol. The van der Waals surface area contributed by atoms with Crippen molar-refractivity contribution in [1.82, 2.24) is 4.98 Å². The standard InChI is InChI=1S/C13H10Cl2N2O/c1-8-6-10(14)12(11(15)7-8)13(18)17-9-2-4-16-5-3-9/h2-7H,1H3,(H,16,17,18). The normalized spacial score (nSPS) is 10.2. The first-order chi connectivity index (χ1) is 8.58. The molecule has 0 aliphatic carbocycles. The summed E-state index contributed by atoms with van der Waals surface area (Å²) in [6, 6.07) is 6.78. The smallest absolute Gasteiger partial charge is 0.258 e. The second kappa shape index (κ2) is 5.38. The Hall–Kier alpha value is -1.58. The van der Waals surface area contributed by atoms with Gasteiger partial charge in [-0.05, 0) is 36.8 Å². The first-order valence-electron chi connectivity index (χ1n) is 5.25. The molecule has 1 amide bonds. The fourth-order valence-electron chi connectivity index (χ4n) is 1.55. The van der Waals surface area contributed by atoms with Crippen molar-refractivity contribution in [3.8, 4) is 0 Å². The van der Waals surface area contributed by atoms with Crippen molar-refractivity contribution in [3.63, 3.8) is 0 Å². The van der Waals surface area contributed by atoms with E-state index in [2.05, 4.69) is 10.3 Å². The Kier molecular flexibility index (Phi) is 3.84. The Morgan fingerprint density at radius 3 is 2.28 bits per heavy atom. The number of carbonyl (C=O) groups excluding carboxylic acids is 1. The zero-order valence-corrected chi connectivity index (χ0v) is 11.1. The van der Waals surface area contributed by atoms with Gasteiger partial charge in [-0.15, -0.1) is 0 Å². The molecule has 0 bridgehead atoms. The first kappa shape index (κ1) is 12.9. The summed E-state index contributed by atoms with van der Waals surface area (Å²) in [7, 11) is 0. The Bertz CT molecular complexity index is 562. The maximum atomic E-state index is 12.1. The zero-order valence-electron chi connectivity index (χ0n) is 9.58. The topological polar surface area (TPSA) is 42.0 Å². The van der Waals surface area contributed by atoms with Crippen LogP contribution in [0.5, 0.6) is 0 Å². The summed E-state index contributed by atoms with van der Waals surface area (Å²) in [5.74, 6) is -0.337. The van der Waals surface area contributed by atoms with E-state index in [9.17, 15) is 4.79 Å². The van der Waals surface area contributed by atoms with Crippen molar-refractivity contribution >= 4 is 34.8 Å². The number of nitrogens with one attached hydrogen (secondary N) is 1. The number of nitrogens with zero attached hydrogens (tertiary/aromatic N) is 1. The molecule has 0 unspecified atom stereocenters. The van der Waals surface area contributed by atoms with Gasteiger partial charge in [0.1, 0.15) is 0 Å². The van der Waals surface area contributed by atoms with Gasteiger partial charge in [0.25, 0.3) is 5.91 Å². The van der Waals surface area contributed by atoms with Crippen molar-refractivity contribution in [2.75, 3.05) is 5.32 Å². The van der Waals surface area contributed by atoms with Crippen LogP contribution in [0.3, 0.4) is 0 Å². The summed E-state index contributed by atoms with van der Waals surface area (Å²) in [6.45, 7) is 1.86. The van der Waals surface area contributed by atoms with Crippen molar-refractivity contribution in [2.24, 2.45) is 0 Å². The van der Waals surface area contributed by atoms with Crippen molar-refractivity contribution in [3.05, 3.63) is 57.8 Å². The average molecular weight is 281 g/mol. The number of benzene rings is 1. The van der Waals surface area contributed by atoms with Gasteiger partial charge in [-0.2, -0.15) is 0 Å². The van der Waals surface area contributed by atoms with E-state index in [4.69, 9.17) is 23.2 Å². The molecule has 1 heterocycles. The Morgan fingerprint density at radius 1 is 1.17 bits per heavy atom. The van der Waals surface area contributed by atoms with Crippen LogP contribution in [-0.2, 0) is 0 Å². The third-order valence-corrected chi connectivity index (χ3v) is 2.95. The molecule has 0 aliphatic heterocycles. The Balaban J connectivity index is 2.30. The second-order valence-corrected chi connectivity index (χ2v) is 4.61. The van der Waals surface area contributed by atoms with E-state index in [1.807, 2.05) is 6.92 Å². The van der Waals surface area contributed by atoms with Crippen molar-refractivity contribution in [1.29, 1.82) is 0 Å². The molecule has 0 saturated carbocycles. The molecule has 0 spiro atoms. The van der Waals surface area contributed by atoms with E-state index in [-0.39, 0.29) is 11.5 Å². The van der Waals surface area contributed by atoms with Crippen LogP contribution >= 0.6 is 23.2 Å². The predicted octanol–water partition coefficient (Wildman–Crippen LogP) is 3.95. The molecule has 92 valence electrons. The maximum absolute atomic E-state index is 12.1. The van der Waals surface area contributed by atoms with Crippen LogP contribution in [0.25, 0.3) is 0 Å². The lowest BCUT2D eigenvalue weighted by atomic mass is 10.1. The van der Waals surface area contributed by atoms with Gasteiger partial charge in [0.2, 0.25) is 0 Å². The number of aromatic nitrogens is 1. The minimum absolute atomic E-state index is 0.278. The molecule has 0 saturated heterocycles. The molecule has 0 aliphatic rings. The molecule has 1 N–H and O–H groups in total. The second-order valence-electron chi connectivity index (χ2n) is 3.79. The molecule has 0 atom stereocenters. The zero-order chi connectivity index (χ0) is 13.1. The lowest BCUT2D eigenvalue weighted by Gasteiger charge is -2.09. The number of carbonyl (C=O) groups is 1. The largest absolute Gasteiger partial charge is 0.322 e. The number of rotatable bonds is 2. The minimum Gasteiger partial charge on any atom is -0.322 e. The lowest BCUT2D eigenvalue weighted by Crippen LogP contribution is -2.13. The molecule has 0 radical (unpaired) electrons. The molecule has 5 heteroatoms. The predicted molar refractivity (Wildman–Crippen MR) is 73.4 cm³/mol. The molecule has 2 rings (SSSR count). The lowest BCUT2D eigenvalue weighted by molar-refractivity contribution is 0.102. The number of halogens is 2. The number of hydrogen-bond donors (Lipinski definition) is 1. The van der Waals surface area contributed by atoms with Gasteiger partial charge in [0.05, 0.1) is 15.6 Å². The van der Waals surface area contributed by atoms with Gasteiger partial charge in [-0.3, -0.25) is 9.78 Å². The molecular formula is C13H10Cl2N2O. The molecule has 3 nitrogen and oxygen atoms in total. The van der Waals surface area contributed by atoms with Crippen LogP contribution < -0.4 is 5.32 Å². The van der Waals surface area contributed by atoms with Gasteiger partial charge in [-0.25, -0.2) is 0 Å². The highest BCUT2D eigenvalue weighted by Gasteiger charge is 2.15. The number of hydrogen-bond acceptors (Lipinski definition) is 2.